The van der Waals surface area contributed by atoms with Crippen molar-refractivity contribution >= 4 is 56.8 Å². The molecule has 2 aromatic rings. The van der Waals surface area contributed by atoms with Gasteiger partial charge in [-0.15, -0.1) is 0 Å². The maximum Gasteiger partial charge on any atom is 0.341 e. The van der Waals surface area contributed by atoms with Crippen LogP contribution in [0.2, 0.25) is 5.02 Å². The van der Waals surface area contributed by atoms with Gasteiger partial charge in [-0.05, 0) is 41.6 Å². The molecule has 1 aromatic carbocycles. The van der Waals surface area contributed by atoms with Crippen LogP contribution >= 0.6 is 34.2 Å². The fourth-order valence-electron chi connectivity index (χ4n) is 1.62. The highest BCUT2D eigenvalue weighted by Crippen LogP contribution is 2.30. The summed E-state index contributed by atoms with van der Waals surface area (Å²) in [5, 5.41) is 1.22. The van der Waals surface area contributed by atoms with E-state index in [1.54, 1.807) is 19.1 Å². The molecule has 2 rings (SSSR count). The molecule has 1 heterocycles. The number of carbonyl (C=O) groups is 1. The molecule has 94 valence electrons. The second-order valence-corrected chi connectivity index (χ2v) is 5.19. The number of anilines is 1. The molecule has 0 saturated carbocycles. The van der Waals surface area contributed by atoms with E-state index in [1.807, 2.05) is 0 Å². The molecule has 18 heavy (non-hydrogen) atoms. The van der Waals surface area contributed by atoms with E-state index in [4.69, 9.17) is 22.1 Å². The minimum Gasteiger partial charge on any atom is -0.462 e. The van der Waals surface area contributed by atoms with Gasteiger partial charge in [0.1, 0.15) is 5.56 Å². The second kappa shape index (κ2) is 5.27. The number of fused-ring (bicyclic) bond motifs is 1. The van der Waals surface area contributed by atoms with Crippen molar-refractivity contribution in [1.29, 1.82) is 0 Å². The van der Waals surface area contributed by atoms with Crippen molar-refractivity contribution < 1.29 is 9.53 Å². The summed E-state index contributed by atoms with van der Waals surface area (Å²) in [4.78, 5) is 15.9. The number of nitrogen functional groups attached to an aromatic ring is 1. The molecule has 0 aliphatic rings. The minimum atomic E-state index is -0.473. The zero-order valence-electron chi connectivity index (χ0n) is 9.54. The molecular formula is C12H10ClIN2O2. The maximum atomic E-state index is 11.7. The van der Waals surface area contributed by atoms with Crippen LogP contribution in [-0.2, 0) is 4.74 Å². The third-order valence-corrected chi connectivity index (χ3v) is 3.47. The first kappa shape index (κ1) is 13.4. The van der Waals surface area contributed by atoms with E-state index in [0.717, 1.165) is 9.09 Å². The Kier molecular flexibility index (Phi) is 3.91. The fraction of sp³-hybridized carbons (Fsp3) is 0.167. The Morgan fingerprint density at radius 3 is 2.94 bits per heavy atom. The molecule has 0 unspecified atom stereocenters. The largest absolute Gasteiger partial charge is 0.462 e. The molecule has 0 atom stereocenters. The Balaban J connectivity index is 2.67. The summed E-state index contributed by atoms with van der Waals surface area (Å²) in [7, 11) is 0. The predicted octanol–water partition coefficient (Wildman–Crippen LogP) is 3.25. The van der Waals surface area contributed by atoms with Gasteiger partial charge in [0.25, 0.3) is 0 Å². The van der Waals surface area contributed by atoms with E-state index in [2.05, 4.69) is 27.6 Å². The molecule has 0 saturated heterocycles. The lowest BCUT2D eigenvalue weighted by molar-refractivity contribution is 0.0527. The number of halogens is 2. The molecule has 0 aliphatic carbocycles. The third-order valence-electron chi connectivity index (χ3n) is 2.43. The standard InChI is InChI=1S/C12H10ClIN2O2/c1-2-18-12(17)8-5-16-11-7(10(8)15)3-6(13)4-9(11)14/h3-5H,2H2,1H3,(H2,15,16). The van der Waals surface area contributed by atoms with E-state index in [-0.39, 0.29) is 5.56 Å². The van der Waals surface area contributed by atoms with E-state index in [1.165, 1.54) is 6.20 Å². The van der Waals surface area contributed by atoms with Crippen LogP contribution in [0.15, 0.2) is 18.3 Å². The quantitative estimate of drug-likeness (QED) is 0.645. The van der Waals surface area contributed by atoms with Crippen molar-refractivity contribution in [1.82, 2.24) is 4.98 Å². The first-order chi connectivity index (χ1) is 8.54. The summed E-state index contributed by atoms with van der Waals surface area (Å²) in [6.07, 6.45) is 1.44. The topological polar surface area (TPSA) is 65.2 Å². The van der Waals surface area contributed by atoms with Gasteiger partial charge in [0, 0.05) is 20.2 Å². The Labute approximate surface area is 123 Å². The Hall–Kier alpha value is -1.08. The van der Waals surface area contributed by atoms with Gasteiger partial charge >= 0.3 is 5.97 Å². The summed E-state index contributed by atoms with van der Waals surface area (Å²) < 4.78 is 5.81. The van der Waals surface area contributed by atoms with Crippen LogP contribution in [-0.4, -0.2) is 17.6 Å². The van der Waals surface area contributed by atoms with Gasteiger partial charge < -0.3 is 10.5 Å². The number of benzene rings is 1. The molecular weight excluding hydrogens is 367 g/mol. The first-order valence-electron chi connectivity index (χ1n) is 5.25. The van der Waals surface area contributed by atoms with E-state index >= 15 is 0 Å². The minimum absolute atomic E-state index is 0.266. The van der Waals surface area contributed by atoms with Crippen LogP contribution in [0.5, 0.6) is 0 Å². The highest BCUT2D eigenvalue weighted by Gasteiger charge is 2.15. The van der Waals surface area contributed by atoms with Crippen molar-refractivity contribution in [3.05, 3.63) is 32.5 Å². The van der Waals surface area contributed by atoms with Crippen molar-refractivity contribution in [2.45, 2.75) is 6.92 Å². The molecule has 0 aliphatic heterocycles. The number of esters is 1. The lowest BCUT2D eigenvalue weighted by Gasteiger charge is -2.09. The number of pyridine rings is 1. The van der Waals surface area contributed by atoms with Crippen LogP contribution in [0, 0.1) is 3.57 Å². The van der Waals surface area contributed by atoms with Gasteiger partial charge in [0.05, 0.1) is 17.8 Å². The van der Waals surface area contributed by atoms with Crippen LogP contribution in [0.3, 0.4) is 0 Å². The Morgan fingerprint density at radius 1 is 1.56 bits per heavy atom. The lowest BCUT2D eigenvalue weighted by atomic mass is 10.1. The molecule has 0 bridgehead atoms. The molecule has 2 N–H and O–H groups in total. The average Bonchev–Trinajstić information content (AvgIpc) is 2.30. The van der Waals surface area contributed by atoms with Gasteiger partial charge in [-0.25, -0.2) is 4.79 Å². The van der Waals surface area contributed by atoms with E-state index in [0.29, 0.717) is 22.7 Å². The molecule has 4 nitrogen and oxygen atoms in total. The molecule has 0 radical (unpaired) electrons. The number of nitrogens with two attached hydrogens (primary N) is 1. The number of nitrogens with zero attached hydrogens (tertiary/aromatic N) is 1. The number of ether oxygens (including phenoxy) is 1. The maximum absolute atomic E-state index is 11.7. The first-order valence-corrected chi connectivity index (χ1v) is 6.70. The van der Waals surface area contributed by atoms with E-state index < -0.39 is 5.97 Å². The van der Waals surface area contributed by atoms with Crippen molar-refractivity contribution in [2.75, 3.05) is 12.3 Å². The predicted molar refractivity (Wildman–Crippen MR) is 79.8 cm³/mol. The Bertz CT molecular complexity index is 631. The summed E-state index contributed by atoms with van der Waals surface area (Å²) in [5.41, 5.74) is 7.32. The number of carbonyl (C=O) groups excluding carboxylic acids is 1. The van der Waals surface area contributed by atoms with Gasteiger partial charge in [-0.1, -0.05) is 11.6 Å². The van der Waals surface area contributed by atoms with E-state index in [9.17, 15) is 4.79 Å². The van der Waals surface area contributed by atoms with Gasteiger partial charge in [-0.2, -0.15) is 0 Å². The second-order valence-electron chi connectivity index (χ2n) is 3.59. The monoisotopic (exact) mass is 376 g/mol. The Morgan fingerprint density at radius 2 is 2.28 bits per heavy atom. The highest BCUT2D eigenvalue weighted by molar-refractivity contribution is 14.1. The number of aromatic nitrogens is 1. The summed E-state index contributed by atoms with van der Waals surface area (Å²) in [5.74, 6) is -0.473. The zero-order valence-corrected chi connectivity index (χ0v) is 12.4. The third kappa shape index (κ3) is 2.37. The van der Waals surface area contributed by atoms with Crippen molar-refractivity contribution in [3.8, 4) is 0 Å². The SMILES string of the molecule is CCOC(=O)c1cnc2c(I)cc(Cl)cc2c1N. The smallest absolute Gasteiger partial charge is 0.341 e. The highest BCUT2D eigenvalue weighted by atomic mass is 127. The molecule has 1 aromatic heterocycles. The molecule has 6 heteroatoms. The van der Waals surface area contributed by atoms with Gasteiger partial charge in [0.2, 0.25) is 0 Å². The zero-order chi connectivity index (χ0) is 13.3. The lowest BCUT2D eigenvalue weighted by Crippen LogP contribution is -2.09. The van der Waals surface area contributed by atoms with Crippen LogP contribution in [0.1, 0.15) is 17.3 Å². The average molecular weight is 377 g/mol. The summed E-state index contributed by atoms with van der Waals surface area (Å²) >= 11 is 8.11. The number of hydrogen-bond donors (Lipinski definition) is 1. The molecule has 0 amide bonds. The number of rotatable bonds is 2. The van der Waals surface area contributed by atoms with Gasteiger partial charge in [-0.3, -0.25) is 4.98 Å². The molecule has 0 fully saturated rings. The summed E-state index contributed by atoms with van der Waals surface area (Å²) in [6.45, 7) is 2.03. The van der Waals surface area contributed by atoms with Crippen LogP contribution in [0.25, 0.3) is 10.9 Å². The number of hydrogen-bond acceptors (Lipinski definition) is 4. The normalized spacial score (nSPS) is 10.6. The fourth-order valence-corrected chi connectivity index (χ4v) is 2.79. The van der Waals surface area contributed by atoms with Gasteiger partial charge in [0.15, 0.2) is 0 Å². The summed E-state index contributed by atoms with van der Waals surface area (Å²) in [6, 6.07) is 3.49. The van der Waals surface area contributed by atoms with Crippen LogP contribution < -0.4 is 5.73 Å². The van der Waals surface area contributed by atoms with Crippen molar-refractivity contribution in [3.63, 3.8) is 0 Å². The van der Waals surface area contributed by atoms with Crippen molar-refractivity contribution in [2.24, 2.45) is 0 Å². The molecule has 0 spiro atoms. The van der Waals surface area contributed by atoms with Crippen LogP contribution in [0.4, 0.5) is 5.69 Å².